The van der Waals surface area contributed by atoms with Gasteiger partial charge >= 0.3 is 5.97 Å². The fourth-order valence-corrected chi connectivity index (χ4v) is 5.43. The number of hydrogen-bond acceptors (Lipinski definition) is 5. The second-order valence-electron chi connectivity index (χ2n) is 6.99. The summed E-state index contributed by atoms with van der Waals surface area (Å²) in [4.78, 5) is 25.7. The maximum absolute atomic E-state index is 11.9. The van der Waals surface area contributed by atoms with E-state index in [1.165, 1.54) is 10.4 Å². The van der Waals surface area contributed by atoms with Gasteiger partial charge in [0.2, 0.25) is 0 Å². The Labute approximate surface area is 139 Å². The third-order valence-electron chi connectivity index (χ3n) is 5.72. The van der Waals surface area contributed by atoms with Gasteiger partial charge < -0.3 is 10.0 Å². The van der Waals surface area contributed by atoms with Crippen LogP contribution in [0.4, 0.5) is 5.82 Å². The monoisotopic (exact) mass is 331 g/mol. The second kappa shape index (κ2) is 4.90. The van der Waals surface area contributed by atoms with Crippen molar-refractivity contribution in [2.45, 2.75) is 40.0 Å². The lowest BCUT2D eigenvalue weighted by Gasteiger charge is -2.24. The highest BCUT2D eigenvalue weighted by atomic mass is 32.1. The molecule has 0 amide bonds. The van der Waals surface area contributed by atoms with Crippen LogP contribution in [-0.4, -0.2) is 34.1 Å². The Bertz CT molecular complexity index is 816. The third-order valence-corrected chi connectivity index (χ3v) is 6.82. The number of aryl methyl sites for hydroxylation is 3. The highest BCUT2D eigenvalue weighted by Gasteiger charge is 2.55. The standard InChI is InChI=1S/C17H21N3O2S/c1-9-10(2)23-15-13(9)14(18-11(3)19-15)20-7-12-5-4-6-17(12,8-20)16(21)22/h12H,4-8H2,1-3H3,(H,21,22)/t12-,17+/m0/s1. The van der Waals surface area contributed by atoms with Gasteiger partial charge in [0.1, 0.15) is 16.5 Å². The van der Waals surface area contributed by atoms with E-state index >= 15 is 0 Å². The Morgan fingerprint density at radius 1 is 1.35 bits per heavy atom. The van der Waals surface area contributed by atoms with Gasteiger partial charge in [0.05, 0.1) is 10.8 Å². The molecule has 1 aliphatic carbocycles. The van der Waals surface area contributed by atoms with Crippen molar-refractivity contribution >= 4 is 33.3 Å². The number of rotatable bonds is 2. The predicted octanol–water partition coefficient (Wildman–Crippen LogP) is 3.31. The Morgan fingerprint density at radius 3 is 2.83 bits per heavy atom. The van der Waals surface area contributed by atoms with Crippen LogP contribution in [0.1, 0.15) is 35.5 Å². The molecule has 4 rings (SSSR count). The summed E-state index contributed by atoms with van der Waals surface area (Å²) in [6, 6.07) is 0. The summed E-state index contributed by atoms with van der Waals surface area (Å²) < 4.78 is 0. The molecule has 2 atom stereocenters. The number of carboxylic acids is 1. The van der Waals surface area contributed by atoms with Crippen molar-refractivity contribution in [3.63, 3.8) is 0 Å². The summed E-state index contributed by atoms with van der Waals surface area (Å²) in [5.74, 6) is 1.30. The van der Waals surface area contributed by atoms with Crippen LogP contribution in [0, 0.1) is 32.1 Å². The third kappa shape index (κ3) is 2.00. The smallest absolute Gasteiger partial charge is 0.311 e. The number of carbonyl (C=O) groups is 1. The fraction of sp³-hybridized carbons (Fsp3) is 0.588. The molecule has 0 radical (unpaired) electrons. The fourth-order valence-electron chi connectivity index (χ4n) is 4.36. The highest BCUT2D eigenvalue weighted by Crippen LogP contribution is 2.50. The quantitative estimate of drug-likeness (QED) is 0.914. The largest absolute Gasteiger partial charge is 0.481 e. The Hall–Kier alpha value is -1.69. The number of aliphatic carboxylic acids is 1. The average Bonchev–Trinajstić information content (AvgIpc) is 3.10. The van der Waals surface area contributed by atoms with Crippen LogP contribution in [-0.2, 0) is 4.79 Å². The molecule has 122 valence electrons. The first kappa shape index (κ1) is 14.9. The SMILES string of the molecule is Cc1nc(N2C[C@@H]3CCC[C@@]3(C(=O)O)C2)c2c(C)c(C)sc2n1. The van der Waals surface area contributed by atoms with Crippen molar-refractivity contribution in [3.8, 4) is 0 Å². The van der Waals surface area contributed by atoms with Gasteiger partial charge in [0.15, 0.2) is 0 Å². The zero-order chi connectivity index (χ0) is 16.4. The number of carboxylic acid groups (broad SMARTS) is 1. The van der Waals surface area contributed by atoms with Crippen molar-refractivity contribution in [3.05, 3.63) is 16.3 Å². The van der Waals surface area contributed by atoms with Crippen molar-refractivity contribution < 1.29 is 9.90 Å². The lowest BCUT2D eigenvalue weighted by Crippen LogP contribution is -2.35. The molecular weight excluding hydrogens is 310 g/mol. The topological polar surface area (TPSA) is 66.3 Å². The van der Waals surface area contributed by atoms with Crippen LogP contribution in [0.25, 0.3) is 10.2 Å². The molecule has 23 heavy (non-hydrogen) atoms. The number of hydrogen-bond donors (Lipinski definition) is 1. The van der Waals surface area contributed by atoms with Gasteiger partial charge in [-0.2, -0.15) is 0 Å². The van der Waals surface area contributed by atoms with Gasteiger partial charge in [-0.1, -0.05) is 6.42 Å². The molecule has 0 aromatic carbocycles. The van der Waals surface area contributed by atoms with E-state index in [-0.39, 0.29) is 5.92 Å². The van der Waals surface area contributed by atoms with Crippen LogP contribution < -0.4 is 4.90 Å². The first-order chi connectivity index (χ1) is 10.9. The molecule has 0 bridgehead atoms. The molecule has 1 saturated carbocycles. The van der Waals surface area contributed by atoms with Crippen LogP contribution >= 0.6 is 11.3 Å². The molecular formula is C17H21N3O2S. The van der Waals surface area contributed by atoms with E-state index in [1.54, 1.807) is 11.3 Å². The first-order valence-corrected chi connectivity index (χ1v) is 8.97. The maximum Gasteiger partial charge on any atom is 0.311 e. The lowest BCUT2D eigenvalue weighted by atomic mass is 9.81. The van der Waals surface area contributed by atoms with Crippen LogP contribution in [0.2, 0.25) is 0 Å². The van der Waals surface area contributed by atoms with Gasteiger partial charge in [-0.15, -0.1) is 11.3 Å². The normalized spacial score (nSPS) is 26.9. The van der Waals surface area contributed by atoms with E-state index in [0.717, 1.165) is 47.7 Å². The van der Waals surface area contributed by atoms with Crippen LogP contribution in [0.3, 0.4) is 0 Å². The van der Waals surface area contributed by atoms with E-state index in [2.05, 4.69) is 23.7 Å². The van der Waals surface area contributed by atoms with E-state index in [4.69, 9.17) is 4.98 Å². The van der Waals surface area contributed by atoms with Gasteiger partial charge in [0.25, 0.3) is 0 Å². The Kier molecular flexibility index (Phi) is 3.17. The van der Waals surface area contributed by atoms with Gasteiger partial charge in [-0.25, -0.2) is 9.97 Å². The predicted molar refractivity (Wildman–Crippen MR) is 91.2 cm³/mol. The minimum absolute atomic E-state index is 0.241. The molecule has 5 nitrogen and oxygen atoms in total. The average molecular weight is 331 g/mol. The molecule has 0 unspecified atom stereocenters. The Morgan fingerprint density at radius 2 is 2.13 bits per heavy atom. The van der Waals surface area contributed by atoms with E-state index in [1.807, 2.05) is 6.92 Å². The van der Waals surface area contributed by atoms with Gasteiger partial charge in [-0.3, -0.25) is 4.79 Å². The second-order valence-corrected chi connectivity index (χ2v) is 8.19. The number of nitrogens with zero attached hydrogens (tertiary/aromatic N) is 3. The minimum atomic E-state index is -0.636. The molecule has 1 N–H and O–H groups in total. The van der Waals surface area contributed by atoms with Crippen molar-refractivity contribution in [1.29, 1.82) is 0 Å². The first-order valence-electron chi connectivity index (χ1n) is 8.15. The van der Waals surface area contributed by atoms with Gasteiger partial charge in [0, 0.05) is 18.0 Å². The number of thiophene rings is 1. The molecule has 3 heterocycles. The zero-order valence-electron chi connectivity index (χ0n) is 13.7. The van der Waals surface area contributed by atoms with Crippen molar-refractivity contribution in [2.24, 2.45) is 11.3 Å². The molecule has 1 saturated heterocycles. The lowest BCUT2D eigenvalue weighted by molar-refractivity contribution is -0.149. The molecule has 2 aliphatic rings. The minimum Gasteiger partial charge on any atom is -0.481 e. The molecule has 2 fully saturated rings. The molecule has 2 aromatic rings. The van der Waals surface area contributed by atoms with Crippen molar-refractivity contribution in [1.82, 2.24) is 9.97 Å². The van der Waals surface area contributed by atoms with Crippen molar-refractivity contribution in [2.75, 3.05) is 18.0 Å². The number of aromatic nitrogens is 2. The maximum atomic E-state index is 11.9. The van der Waals surface area contributed by atoms with Gasteiger partial charge in [-0.05, 0) is 45.1 Å². The number of anilines is 1. The molecule has 1 aliphatic heterocycles. The molecule has 0 spiro atoms. The highest BCUT2D eigenvalue weighted by molar-refractivity contribution is 7.18. The summed E-state index contributed by atoms with van der Waals surface area (Å²) in [5.41, 5.74) is 0.644. The molecule has 6 heteroatoms. The van der Waals surface area contributed by atoms with E-state index in [0.29, 0.717) is 6.54 Å². The summed E-state index contributed by atoms with van der Waals surface area (Å²) >= 11 is 1.70. The van der Waals surface area contributed by atoms with Crippen LogP contribution in [0.5, 0.6) is 0 Å². The van der Waals surface area contributed by atoms with Crippen LogP contribution in [0.15, 0.2) is 0 Å². The summed E-state index contributed by atoms with van der Waals surface area (Å²) in [7, 11) is 0. The molecule has 2 aromatic heterocycles. The zero-order valence-corrected chi connectivity index (χ0v) is 14.5. The summed E-state index contributed by atoms with van der Waals surface area (Å²) in [6.45, 7) is 7.51. The summed E-state index contributed by atoms with van der Waals surface area (Å²) in [5, 5.41) is 10.9. The summed E-state index contributed by atoms with van der Waals surface area (Å²) in [6.07, 6.45) is 2.83. The van der Waals surface area contributed by atoms with E-state index < -0.39 is 11.4 Å². The van der Waals surface area contributed by atoms with E-state index in [9.17, 15) is 9.90 Å². The number of fused-ring (bicyclic) bond motifs is 2. The Balaban J connectivity index is 1.83.